The second-order valence-corrected chi connectivity index (χ2v) is 13.8. The Kier molecular flexibility index (Phi) is 8.01. The third-order valence-electron chi connectivity index (χ3n) is 10.4. The van der Waals surface area contributed by atoms with Crippen LogP contribution in [0.15, 0.2) is 71.3 Å². The van der Waals surface area contributed by atoms with Crippen molar-refractivity contribution >= 4 is 27.9 Å². The molecule has 2 aliphatic rings. The molecule has 2 aliphatic heterocycles. The number of fused-ring (bicyclic) bond motifs is 2. The van der Waals surface area contributed by atoms with E-state index in [0.717, 1.165) is 87.6 Å². The van der Waals surface area contributed by atoms with Crippen LogP contribution >= 0.6 is 0 Å². The molecular weight excluding hydrogens is 642 g/mol. The van der Waals surface area contributed by atoms with Crippen molar-refractivity contribution in [2.45, 2.75) is 26.9 Å². The topological polar surface area (TPSA) is 122 Å². The number of methoxy groups -OCH3 is 2. The van der Waals surface area contributed by atoms with Crippen LogP contribution in [0, 0.1) is 23.7 Å². The third-order valence-corrected chi connectivity index (χ3v) is 10.4. The molecule has 4 aromatic carbocycles. The Labute approximate surface area is 296 Å². The fourth-order valence-corrected chi connectivity index (χ4v) is 7.92. The molecule has 1 spiro atoms. The minimum atomic E-state index is 0.148. The van der Waals surface area contributed by atoms with Crippen LogP contribution in [0.25, 0.3) is 50.3 Å². The van der Waals surface area contributed by atoms with E-state index in [1.54, 1.807) is 21.1 Å². The molecule has 1 amide bonds. The van der Waals surface area contributed by atoms with Gasteiger partial charge in [-0.1, -0.05) is 24.3 Å². The van der Waals surface area contributed by atoms with Crippen molar-refractivity contribution in [3.63, 3.8) is 0 Å². The molecule has 0 saturated carbocycles. The standard InChI is InChI=1S/C40H39N7O4/c1-24-29(8-6-9-30(24)39-44-34-13-26(17-42-3)12-27(16-41)38(34)51-39)31-10-7-11-35-32(31)18-43-47(35)28-14-36(49-4)33(37(15-28)50-5)19-45-20-40(21-45)22-46(23-40)25(2)48/h6-15,18,42H,17,19-23H2,1-5H3. The molecule has 1 N–H and O–H groups in total. The van der Waals surface area contributed by atoms with Gasteiger partial charge >= 0.3 is 0 Å². The van der Waals surface area contributed by atoms with E-state index in [9.17, 15) is 10.1 Å². The zero-order valence-electron chi connectivity index (χ0n) is 29.4. The van der Waals surface area contributed by atoms with E-state index in [0.29, 0.717) is 35.6 Å². The molecule has 8 rings (SSSR count). The average molecular weight is 682 g/mol. The molecule has 6 aromatic rings. The van der Waals surface area contributed by atoms with E-state index in [1.165, 1.54) is 0 Å². The van der Waals surface area contributed by atoms with E-state index in [2.05, 4.69) is 41.4 Å². The first-order valence-corrected chi connectivity index (χ1v) is 17.0. The minimum Gasteiger partial charge on any atom is -0.496 e. The maximum absolute atomic E-state index is 11.7. The average Bonchev–Trinajstić information content (AvgIpc) is 3.73. The first-order chi connectivity index (χ1) is 24.7. The third kappa shape index (κ3) is 5.48. The normalized spacial score (nSPS) is 15.2. The molecule has 0 atom stereocenters. The molecule has 11 heteroatoms. The lowest BCUT2D eigenvalue weighted by Crippen LogP contribution is -2.72. The lowest BCUT2D eigenvalue weighted by Gasteiger charge is -2.60. The van der Waals surface area contributed by atoms with Gasteiger partial charge in [0.05, 0.1) is 42.7 Å². The Balaban J connectivity index is 1.12. The number of hydrogen-bond acceptors (Lipinski definition) is 9. The monoisotopic (exact) mass is 681 g/mol. The van der Waals surface area contributed by atoms with Crippen molar-refractivity contribution in [3.8, 4) is 45.8 Å². The van der Waals surface area contributed by atoms with E-state index >= 15 is 0 Å². The molecular formula is C40H39N7O4. The molecule has 2 aromatic heterocycles. The summed E-state index contributed by atoms with van der Waals surface area (Å²) in [4.78, 5) is 20.8. The van der Waals surface area contributed by atoms with Gasteiger partial charge in [0.2, 0.25) is 11.8 Å². The van der Waals surface area contributed by atoms with Crippen molar-refractivity contribution < 1.29 is 18.7 Å². The minimum absolute atomic E-state index is 0.148. The summed E-state index contributed by atoms with van der Waals surface area (Å²) >= 11 is 0. The van der Waals surface area contributed by atoms with Crippen molar-refractivity contribution in [1.29, 1.82) is 5.26 Å². The fraction of sp³-hybridized carbons (Fsp3) is 0.300. The van der Waals surface area contributed by atoms with Gasteiger partial charge in [0.25, 0.3) is 0 Å². The molecule has 0 radical (unpaired) electrons. The SMILES string of the molecule is CNCc1cc(C#N)c2oc(-c3cccc(-c4cccc5c4cnn5-c4cc(OC)c(CN5CC6(C5)CN(C(C)=O)C6)c(OC)c4)c3C)nc2c1. The molecule has 4 heterocycles. The Morgan fingerprint density at radius 2 is 1.71 bits per heavy atom. The number of aromatic nitrogens is 3. The van der Waals surface area contributed by atoms with Gasteiger partial charge in [-0.15, -0.1) is 0 Å². The van der Waals surface area contributed by atoms with Gasteiger partial charge < -0.3 is 24.1 Å². The van der Waals surface area contributed by atoms with E-state index < -0.39 is 0 Å². The van der Waals surface area contributed by atoms with Crippen LogP contribution in [0.5, 0.6) is 11.5 Å². The zero-order chi connectivity index (χ0) is 35.4. The van der Waals surface area contributed by atoms with E-state index in [-0.39, 0.29) is 11.3 Å². The summed E-state index contributed by atoms with van der Waals surface area (Å²) in [5.41, 5.74) is 9.51. The molecule has 2 fully saturated rings. The first kappa shape index (κ1) is 32.5. The Hall–Kier alpha value is -5.70. The zero-order valence-corrected chi connectivity index (χ0v) is 29.4. The highest BCUT2D eigenvalue weighted by molar-refractivity contribution is 5.97. The van der Waals surface area contributed by atoms with E-state index in [1.807, 2.05) is 65.3 Å². The number of likely N-dealkylation sites (tertiary alicyclic amines) is 2. The van der Waals surface area contributed by atoms with Crippen molar-refractivity contribution in [2.24, 2.45) is 5.41 Å². The molecule has 0 bridgehead atoms. The highest BCUT2D eigenvalue weighted by Gasteiger charge is 2.52. The van der Waals surface area contributed by atoms with Crippen LogP contribution in [0.4, 0.5) is 0 Å². The quantitative estimate of drug-likeness (QED) is 0.194. The number of nitrogens with zero attached hydrogens (tertiary/aromatic N) is 6. The molecule has 0 aliphatic carbocycles. The number of carbonyl (C=O) groups is 1. The summed E-state index contributed by atoms with van der Waals surface area (Å²) in [5, 5.41) is 18.8. The second kappa shape index (κ2) is 12.6. The van der Waals surface area contributed by atoms with Crippen LogP contribution in [0.3, 0.4) is 0 Å². The number of amides is 1. The van der Waals surface area contributed by atoms with Crippen LogP contribution in [0.2, 0.25) is 0 Å². The first-order valence-electron chi connectivity index (χ1n) is 17.0. The van der Waals surface area contributed by atoms with Crippen LogP contribution in [-0.4, -0.2) is 77.9 Å². The van der Waals surface area contributed by atoms with Crippen molar-refractivity contribution in [3.05, 3.63) is 89.1 Å². The van der Waals surface area contributed by atoms with Crippen LogP contribution in [-0.2, 0) is 17.9 Å². The lowest BCUT2D eigenvalue weighted by atomic mass is 9.72. The van der Waals surface area contributed by atoms with Crippen LogP contribution < -0.4 is 14.8 Å². The van der Waals surface area contributed by atoms with Gasteiger partial charge in [0, 0.05) is 74.7 Å². The van der Waals surface area contributed by atoms with Gasteiger partial charge in [0.15, 0.2) is 5.58 Å². The number of ether oxygens (including phenoxy) is 2. The van der Waals surface area contributed by atoms with E-state index in [4.69, 9.17) is 24.0 Å². The highest BCUT2D eigenvalue weighted by atomic mass is 16.5. The summed E-state index contributed by atoms with van der Waals surface area (Å²) in [6.07, 6.45) is 1.90. The van der Waals surface area contributed by atoms with Gasteiger partial charge in [0.1, 0.15) is 23.1 Å². The second-order valence-electron chi connectivity index (χ2n) is 13.8. The largest absolute Gasteiger partial charge is 0.496 e. The van der Waals surface area contributed by atoms with Gasteiger partial charge in [-0.05, 0) is 60.5 Å². The van der Waals surface area contributed by atoms with Gasteiger partial charge in [-0.3, -0.25) is 9.69 Å². The lowest BCUT2D eigenvalue weighted by molar-refractivity contribution is -0.157. The smallest absolute Gasteiger partial charge is 0.227 e. The van der Waals surface area contributed by atoms with Crippen molar-refractivity contribution in [2.75, 3.05) is 47.4 Å². The Morgan fingerprint density at radius 3 is 2.39 bits per heavy atom. The summed E-state index contributed by atoms with van der Waals surface area (Å²) in [6.45, 7) is 8.60. The number of hydrogen-bond donors (Lipinski definition) is 1. The molecule has 51 heavy (non-hydrogen) atoms. The molecule has 2 saturated heterocycles. The molecule has 0 unspecified atom stereocenters. The maximum atomic E-state index is 11.7. The molecule has 11 nitrogen and oxygen atoms in total. The number of nitrogens with one attached hydrogen (secondary N) is 1. The summed E-state index contributed by atoms with van der Waals surface area (Å²) in [6, 6.07) is 22.4. The predicted octanol–water partition coefficient (Wildman–Crippen LogP) is 6.08. The maximum Gasteiger partial charge on any atom is 0.227 e. The number of rotatable bonds is 9. The summed E-state index contributed by atoms with van der Waals surface area (Å²) in [5.74, 6) is 2.10. The number of oxazole rings is 1. The highest BCUT2D eigenvalue weighted by Crippen LogP contribution is 2.43. The van der Waals surface area contributed by atoms with Gasteiger partial charge in [-0.25, -0.2) is 9.67 Å². The van der Waals surface area contributed by atoms with Crippen molar-refractivity contribution in [1.82, 2.24) is 29.9 Å². The Bertz CT molecular complexity index is 2350. The Morgan fingerprint density at radius 1 is 1.00 bits per heavy atom. The predicted molar refractivity (Wildman–Crippen MR) is 195 cm³/mol. The number of benzene rings is 4. The number of nitriles is 1. The van der Waals surface area contributed by atoms with Crippen LogP contribution in [0.1, 0.15) is 29.2 Å². The molecule has 258 valence electrons. The number of carbonyl (C=O) groups excluding carboxylic acids is 1. The summed E-state index contributed by atoms with van der Waals surface area (Å²) in [7, 11) is 5.24. The summed E-state index contributed by atoms with van der Waals surface area (Å²) < 4.78 is 20.0. The fourth-order valence-electron chi connectivity index (χ4n) is 7.92. The van der Waals surface area contributed by atoms with Gasteiger partial charge in [-0.2, -0.15) is 10.4 Å².